The van der Waals surface area contributed by atoms with Crippen molar-refractivity contribution < 1.29 is 49.8 Å². The van der Waals surface area contributed by atoms with Gasteiger partial charge < -0.3 is 35.7 Å². The average Bonchev–Trinajstić information content (AvgIpc) is 2.87. The lowest BCUT2D eigenvalue weighted by Crippen LogP contribution is -2.65. The molecule has 0 heterocycles. The van der Waals surface area contributed by atoms with Crippen LogP contribution in [0.15, 0.2) is 40.9 Å². The maximum absolute atomic E-state index is 13.8. The summed E-state index contributed by atoms with van der Waals surface area (Å²) in [5, 5.41) is 68.3. The molecule has 41 heavy (non-hydrogen) atoms. The number of likely N-dealkylation sites (N-methyl/N-ethyl adjacent to an activating group) is 2. The third-order valence-electron chi connectivity index (χ3n) is 8.18. The first-order valence-electron chi connectivity index (χ1n) is 12.7. The van der Waals surface area contributed by atoms with E-state index in [1.807, 2.05) is 0 Å². The fourth-order valence-electron chi connectivity index (χ4n) is 6.14. The minimum absolute atomic E-state index is 0.0250. The Balaban J connectivity index is 1.76. The number of aliphatic hydroxyl groups is 4. The minimum atomic E-state index is -2.83. The highest BCUT2D eigenvalue weighted by molar-refractivity contribution is 6.25. The van der Waals surface area contributed by atoms with E-state index in [0.717, 1.165) is 0 Å². The van der Waals surface area contributed by atoms with Crippen molar-refractivity contribution in [3.63, 3.8) is 0 Å². The number of nitrogens with zero attached hydrogens (tertiary/aromatic N) is 3. The summed E-state index contributed by atoms with van der Waals surface area (Å²) in [5.41, 5.74) is -6.16. The second kappa shape index (κ2) is 10.4. The molecule has 0 saturated carbocycles. The molecule has 15 heteroatoms. The fraction of sp³-hybridized carbons (Fsp3) is 0.500. The summed E-state index contributed by atoms with van der Waals surface area (Å²) in [5.74, 6) is -7.99. The number of hydrogen-bond donors (Lipinski definition) is 6. The smallest absolute Gasteiger partial charge is 0.294 e. The van der Waals surface area contributed by atoms with Crippen LogP contribution < -0.4 is 5.32 Å². The van der Waals surface area contributed by atoms with Crippen LogP contribution in [0.4, 0.5) is 0 Å². The monoisotopic (exact) mass is 576 g/mol. The maximum atomic E-state index is 13.8. The number of aliphatic hydroxyl groups excluding tert-OH is 2. The lowest BCUT2D eigenvalue weighted by atomic mass is 9.55. The van der Waals surface area contributed by atoms with Gasteiger partial charge in [0.25, 0.3) is 11.0 Å². The molecule has 4 rings (SSSR count). The van der Waals surface area contributed by atoms with Gasteiger partial charge >= 0.3 is 0 Å². The predicted octanol–water partition coefficient (Wildman–Crippen LogP) is -0.486. The van der Waals surface area contributed by atoms with Crippen LogP contribution in [-0.2, 0) is 20.0 Å². The first-order valence-corrected chi connectivity index (χ1v) is 12.7. The Labute approximate surface area is 234 Å². The lowest BCUT2D eigenvalue weighted by molar-refractivity contribution is -0.757. The largest absolute Gasteiger partial charge is 0.510 e. The van der Waals surface area contributed by atoms with Crippen molar-refractivity contribution >= 4 is 17.5 Å². The van der Waals surface area contributed by atoms with Crippen molar-refractivity contribution in [1.29, 1.82) is 0 Å². The van der Waals surface area contributed by atoms with Crippen LogP contribution in [0, 0.1) is 22.0 Å². The zero-order chi connectivity index (χ0) is 30.6. The summed E-state index contributed by atoms with van der Waals surface area (Å²) >= 11 is 0. The molecule has 5 atom stereocenters. The molecule has 0 saturated heterocycles. The molecule has 0 spiro atoms. The van der Waals surface area contributed by atoms with Crippen LogP contribution in [0.2, 0.25) is 0 Å². The molecule has 222 valence electrons. The lowest BCUT2D eigenvalue weighted by Gasteiger charge is -2.52. The molecule has 1 unspecified atom stereocenters. The van der Waals surface area contributed by atoms with Crippen molar-refractivity contribution in [1.82, 2.24) is 15.1 Å². The van der Waals surface area contributed by atoms with E-state index in [2.05, 4.69) is 10.2 Å². The molecule has 0 bridgehead atoms. The highest BCUT2D eigenvalue weighted by Crippen LogP contribution is 2.56. The molecule has 1 aromatic carbocycles. The van der Waals surface area contributed by atoms with Gasteiger partial charge in [0.05, 0.1) is 23.9 Å². The van der Waals surface area contributed by atoms with Gasteiger partial charge in [-0.2, -0.15) is 0 Å². The number of nitrogens with one attached hydrogen (secondary N) is 1. The first kappa shape index (κ1) is 29.9. The van der Waals surface area contributed by atoms with Gasteiger partial charge in [-0.05, 0) is 46.1 Å². The molecule has 3 aliphatic carbocycles. The molecule has 0 aromatic heterocycles. The molecule has 0 fully saturated rings. The molecule has 6 N–H and O–H groups in total. The number of phenols is 1. The van der Waals surface area contributed by atoms with E-state index < -0.39 is 80.1 Å². The highest BCUT2D eigenvalue weighted by Gasteiger charge is 2.65. The molecule has 1 aromatic rings. The average molecular weight is 577 g/mol. The number of phenolic OH excluding ortho intramolecular Hbond substituents is 1. The summed E-state index contributed by atoms with van der Waals surface area (Å²) in [6, 6.07) is 2.92. The number of ketones is 2. The molecule has 0 aliphatic heterocycles. The van der Waals surface area contributed by atoms with E-state index in [0.29, 0.717) is 0 Å². The molecular weight excluding hydrogens is 544 g/mol. The van der Waals surface area contributed by atoms with Gasteiger partial charge in [-0.1, -0.05) is 12.1 Å². The minimum Gasteiger partial charge on any atom is -0.510 e. The van der Waals surface area contributed by atoms with Gasteiger partial charge in [-0.3, -0.25) is 24.2 Å². The van der Waals surface area contributed by atoms with Crippen LogP contribution in [0.3, 0.4) is 0 Å². The van der Waals surface area contributed by atoms with Crippen LogP contribution in [0.5, 0.6) is 5.75 Å². The van der Waals surface area contributed by atoms with Crippen molar-refractivity contribution in [3.05, 3.63) is 62.1 Å². The molecular formula is C26H32N4O11. The van der Waals surface area contributed by atoms with Crippen LogP contribution in [0.25, 0.3) is 0 Å². The van der Waals surface area contributed by atoms with Crippen LogP contribution in [-0.4, -0.2) is 110 Å². The first-order chi connectivity index (χ1) is 19.1. The SMILES string of the molecule is CN(CCO[N+](=O)[O-])CNC(=O)C1=C(O)[C@@H](N(C)C)[C@@H]2C[C@H]3C(=C(O)[C@]2(O)C1=O)C(=O)c1c(O)cccc1C3(C)O. The van der Waals surface area contributed by atoms with Gasteiger partial charge in [0, 0.05) is 24.0 Å². The second-order valence-corrected chi connectivity index (χ2v) is 10.9. The maximum Gasteiger partial charge on any atom is 0.294 e. The predicted molar refractivity (Wildman–Crippen MR) is 139 cm³/mol. The van der Waals surface area contributed by atoms with Crippen LogP contribution >= 0.6 is 0 Å². The van der Waals surface area contributed by atoms with Crippen LogP contribution in [0.1, 0.15) is 29.3 Å². The normalized spacial score (nSPS) is 29.3. The number of hydrogen-bond acceptors (Lipinski definition) is 13. The third-order valence-corrected chi connectivity index (χ3v) is 8.18. The Hall–Kier alpha value is -4.05. The molecule has 0 radical (unpaired) electrons. The summed E-state index contributed by atoms with van der Waals surface area (Å²) in [4.78, 5) is 57.9. The Morgan fingerprint density at radius 3 is 2.46 bits per heavy atom. The zero-order valence-electron chi connectivity index (χ0n) is 22.8. The number of aromatic hydroxyl groups is 1. The Kier molecular flexibility index (Phi) is 7.60. The zero-order valence-corrected chi connectivity index (χ0v) is 22.8. The van der Waals surface area contributed by atoms with E-state index in [1.54, 1.807) is 0 Å². The molecule has 3 aliphatic rings. The van der Waals surface area contributed by atoms with Crippen molar-refractivity contribution in [2.75, 3.05) is 41.0 Å². The Bertz CT molecular complexity index is 1390. The quantitative estimate of drug-likeness (QED) is 0.0996. The Morgan fingerprint density at radius 1 is 1.20 bits per heavy atom. The van der Waals surface area contributed by atoms with Gasteiger partial charge in [0.2, 0.25) is 5.78 Å². The Morgan fingerprint density at radius 2 is 1.85 bits per heavy atom. The number of fused-ring (bicyclic) bond motifs is 3. The fourth-order valence-corrected chi connectivity index (χ4v) is 6.14. The summed E-state index contributed by atoms with van der Waals surface area (Å²) in [6.07, 6.45) is -0.254. The summed E-state index contributed by atoms with van der Waals surface area (Å²) in [7, 11) is 4.53. The van der Waals surface area contributed by atoms with Crippen molar-refractivity contribution in [2.45, 2.75) is 30.6 Å². The van der Waals surface area contributed by atoms with Gasteiger partial charge in [-0.25, -0.2) is 0 Å². The number of carbonyl (C=O) groups is 3. The van der Waals surface area contributed by atoms with Gasteiger partial charge in [0.15, 0.2) is 11.4 Å². The van der Waals surface area contributed by atoms with Crippen molar-refractivity contribution in [3.8, 4) is 5.75 Å². The van der Waals surface area contributed by atoms with E-state index in [4.69, 9.17) is 0 Å². The topological polar surface area (TPSA) is 223 Å². The van der Waals surface area contributed by atoms with E-state index in [9.17, 15) is 50.0 Å². The number of Topliss-reactive ketones (excluding diaryl/α,β-unsaturated/α-hetero) is 2. The number of rotatable bonds is 8. The molecule has 1 amide bonds. The standard InChI is InChI=1S/C26H32N4O11/c1-25(37)12-6-5-7-15(31)16(12)20(32)17-13(25)10-14-19(28(2)3)21(33)18(23(35)26(14,38)22(17)34)24(36)27-11-29(4)8-9-41-30(39)40/h5-7,13-14,19,31,33-34,37-38H,8-11H2,1-4H3,(H,27,36)/t13-,14-,19-,25?,26-/m0/s1. The summed E-state index contributed by atoms with van der Waals surface area (Å²) < 4.78 is 0. The van der Waals surface area contributed by atoms with E-state index >= 15 is 0 Å². The van der Waals surface area contributed by atoms with Gasteiger partial charge in [0.1, 0.15) is 29.4 Å². The number of carbonyl (C=O) groups excluding carboxylic acids is 3. The van der Waals surface area contributed by atoms with E-state index in [-0.39, 0.29) is 37.4 Å². The molecule has 15 nitrogen and oxygen atoms in total. The highest BCUT2D eigenvalue weighted by atomic mass is 16.9. The number of benzene rings is 1. The van der Waals surface area contributed by atoms with E-state index in [1.165, 1.54) is 56.1 Å². The number of amides is 1. The summed E-state index contributed by atoms with van der Waals surface area (Å²) in [6.45, 7) is 0.884. The third kappa shape index (κ3) is 4.60. The van der Waals surface area contributed by atoms with Crippen molar-refractivity contribution in [2.24, 2.45) is 11.8 Å². The second-order valence-electron chi connectivity index (χ2n) is 10.9. The van der Waals surface area contributed by atoms with Gasteiger partial charge in [-0.15, -0.1) is 10.1 Å².